The van der Waals surface area contributed by atoms with E-state index >= 15 is 0 Å². The third-order valence-corrected chi connectivity index (χ3v) is 3.41. The third-order valence-electron chi connectivity index (χ3n) is 3.41. The Labute approximate surface area is 98.7 Å². The summed E-state index contributed by atoms with van der Waals surface area (Å²) in [5.41, 5.74) is 2.41. The molecule has 0 amide bonds. The molecule has 2 heteroatoms. The summed E-state index contributed by atoms with van der Waals surface area (Å²) < 4.78 is 0. The van der Waals surface area contributed by atoms with Gasteiger partial charge < -0.3 is 0 Å². The van der Waals surface area contributed by atoms with Gasteiger partial charge in [-0.25, -0.2) is 0 Å². The maximum Gasteiger partial charge on any atom is 0.0578 e. The molecular formula is C14H22N2. The lowest BCUT2D eigenvalue weighted by atomic mass is 10.1. The van der Waals surface area contributed by atoms with E-state index < -0.39 is 0 Å². The molecule has 1 aliphatic heterocycles. The van der Waals surface area contributed by atoms with E-state index in [0.29, 0.717) is 6.04 Å². The molecule has 2 nitrogen and oxygen atoms in total. The Morgan fingerprint density at radius 2 is 2.31 bits per heavy atom. The van der Waals surface area contributed by atoms with E-state index in [1.165, 1.54) is 44.5 Å². The number of likely N-dealkylation sites (tertiary alicyclic amines) is 1. The molecule has 0 bridgehead atoms. The smallest absolute Gasteiger partial charge is 0.0578 e. The number of hydrogen-bond acceptors (Lipinski definition) is 2. The second-order valence-electron chi connectivity index (χ2n) is 4.75. The van der Waals surface area contributed by atoms with Gasteiger partial charge in [0.15, 0.2) is 0 Å². The zero-order chi connectivity index (χ0) is 11.4. The fourth-order valence-electron chi connectivity index (χ4n) is 2.54. The lowest BCUT2D eigenvalue weighted by Crippen LogP contribution is -2.25. The predicted molar refractivity (Wildman–Crippen MR) is 67.4 cm³/mol. The number of unbranched alkanes of at least 4 members (excludes halogenated alkanes) is 1. The molecule has 88 valence electrons. The molecule has 1 fully saturated rings. The minimum absolute atomic E-state index is 0.575. The first-order chi connectivity index (χ1) is 7.81. The van der Waals surface area contributed by atoms with Crippen LogP contribution in [0.3, 0.4) is 0 Å². The highest BCUT2D eigenvalue weighted by molar-refractivity contribution is 5.14. The van der Waals surface area contributed by atoms with E-state index in [4.69, 9.17) is 0 Å². The highest BCUT2D eigenvalue weighted by Gasteiger charge is 2.26. The maximum absolute atomic E-state index is 4.67. The van der Waals surface area contributed by atoms with Gasteiger partial charge in [0.05, 0.1) is 11.7 Å². The largest absolute Gasteiger partial charge is 0.295 e. The molecule has 1 aliphatic rings. The van der Waals surface area contributed by atoms with Crippen molar-refractivity contribution >= 4 is 0 Å². The second-order valence-corrected chi connectivity index (χ2v) is 4.75. The molecule has 0 unspecified atom stereocenters. The van der Waals surface area contributed by atoms with E-state index in [1.807, 2.05) is 0 Å². The average molecular weight is 218 g/mol. The van der Waals surface area contributed by atoms with Crippen molar-refractivity contribution in [1.82, 2.24) is 9.88 Å². The quantitative estimate of drug-likeness (QED) is 0.770. The minimum Gasteiger partial charge on any atom is -0.295 e. The molecule has 2 heterocycles. The Balaban J connectivity index is 2.07. The first-order valence-electron chi connectivity index (χ1n) is 6.49. The highest BCUT2D eigenvalue weighted by atomic mass is 15.2. The summed E-state index contributed by atoms with van der Waals surface area (Å²) in [6.45, 7) is 6.82. The molecule has 1 aromatic rings. The summed E-state index contributed by atoms with van der Waals surface area (Å²) >= 11 is 0. The van der Waals surface area contributed by atoms with E-state index in [2.05, 4.69) is 41.9 Å². The van der Waals surface area contributed by atoms with Crippen molar-refractivity contribution in [2.45, 2.75) is 45.6 Å². The SMILES string of the molecule is CCCCN1CCC[C@@H]1c1cccc(C)n1. The van der Waals surface area contributed by atoms with Crippen molar-refractivity contribution in [2.75, 3.05) is 13.1 Å². The number of nitrogens with zero attached hydrogens (tertiary/aromatic N) is 2. The fourth-order valence-corrected chi connectivity index (χ4v) is 2.54. The molecule has 1 aromatic heterocycles. The molecule has 16 heavy (non-hydrogen) atoms. The van der Waals surface area contributed by atoms with Gasteiger partial charge in [-0.3, -0.25) is 9.88 Å². The number of pyridine rings is 1. The predicted octanol–water partition coefficient (Wildman–Crippen LogP) is 3.33. The van der Waals surface area contributed by atoms with Gasteiger partial charge in [-0.15, -0.1) is 0 Å². The van der Waals surface area contributed by atoms with Gasteiger partial charge in [0.2, 0.25) is 0 Å². The van der Waals surface area contributed by atoms with Gasteiger partial charge in [-0.1, -0.05) is 19.4 Å². The van der Waals surface area contributed by atoms with Crippen LogP contribution in [0.4, 0.5) is 0 Å². The van der Waals surface area contributed by atoms with E-state index in [9.17, 15) is 0 Å². The van der Waals surface area contributed by atoms with Crippen LogP contribution in [-0.2, 0) is 0 Å². The van der Waals surface area contributed by atoms with Crippen molar-refractivity contribution in [2.24, 2.45) is 0 Å². The van der Waals surface area contributed by atoms with Crippen molar-refractivity contribution < 1.29 is 0 Å². The Hall–Kier alpha value is -0.890. The molecule has 1 saturated heterocycles. The zero-order valence-electron chi connectivity index (χ0n) is 10.4. The van der Waals surface area contributed by atoms with Crippen LogP contribution in [-0.4, -0.2) is 23.0 Å². The van der Waals surface area contributed by atoms with E-state index in [-0.39, 0.29) is 0 Å². The molecule has 0 spiro atoms. The highest BCUT2D eigenvalue weighted by Crippen LogP contribution is 2.30. The van der Waals surface area contributed by atoms with Gasteiger partial charge in [-0.2, -0.15) is 0 Å². The van der Waals surface area contributed by atoms with Gasteiger partial charge in [0.1, 0.15) is 0 Å². The van der Waals surface area contributed by atoms with Crippen molar-refractivity contribution in [1.29, 1.82) is 0 Å². The first kappa shape index (κ1) is 11.6. The molecule has 0 saturated carbocycles. The molecule has 0 aromatic carbocycles. The van der Waals surface area contributed by atoms with Crippen LogP contribution >= 0.6 is 0 Å². The van der Waals surface area contributed by atoms with Crippen LogP contribution in [0, 0.1) is 6.92 Å². The number of aryl methyl sites for hydroxylation is 1. The van der Waals surface area contributed by atoms with Gasteiger partial charge in [-0.05, 0) is 51.4 Å². The van der Waals surface area contributed by atoms with Crippen LogP contribution in [0.15, 0.2) is 18.2 Å². The topological polar surface area (TPSA) is 16.1 Å². The van der Waals surface area contributed by atoms with Gasteiger partial charge in [0, 0.05) is 5.69 Å². The van der Waals surface area contributed by atoms with E-state index in [0.717, 1.165) is 5.69 Å². The lowest BCUT2D eigenvalue weighted by Gasteiger charge is -2.23. The van der Waals surface area contributed by atoms with Crippen LogP contribution in [0.1, 0.15) is 50.0 Å². The maximum atomic E-state index is 4.67. The van der Waals surface area contributed by atoms with Crippen LogP contribution in [0.25, 0.3) is 0 Å². The Morgan fingerprint density at radius 3 is 3.06 bits per heavy atom. The van der Waals surface area contributed by atoms with Crippen molar-refractivity contribution in [3.8, 4) is 0 Å². The summed E-state index contributed by atoms with van der Waals surface area (Å²) in [5, 5.41) is 0. The molecule has 0 radical (unpaired) electrons. The molecule has 0 N–H and O–H groups in total. The van der Waals surface area contributed by atoms with Gasteiger partial charge >= 0.3 is 0 Å². The van der Waals surface area contributed by atoms with Gasteiger partial charge in [0.25, 0.3) is 0 Å². The van der Waals surface area contributed by atoms with Crippen LogP contribution in [0.2, 0.25) is 0 Å². The molecule has 0 aliphatic carbocycles. The average Bonchev–Trinajstić information content (AvgIpc) is 2.74. The Bertz CT molecular complexity index is 335. The monoisotopic (exact) mass is 218 g/mol. The summed E-state index contributed by atoms with van der Waals surface area (Å²) in [4.78, 5) is 7.27. The second kappa shape index (κ2) is 5.44. The molecule has 1 atom stereocenters. The standard InChI is InChI=1S/C14H22N2/c1-3-4-10-16-11-6-9-14(16)13-8-5-7-12(2)15-13/h5,7-8,14H,3-4,6,9-11H2,1-2H3/t14-/m1/s1. The molecule has 2 rings (SSSR count). The van der Waals surface area contributed by atoms with Crippen LogP contribution in [0.5, 0.6) is 0 Å². The summed E-state index contributed by atoms with van der Waals surface area (Å²) in [7, 11) is 0. The number of aromatic nitrogens is 1. The first-order valence-corrected chi connectivity index (χ1v) is 6.49. The molecular weight excluding hydrogens is 196 g/mol. The Kier molecular flexibility index (Phi) is 3.94. The Morgan fingerprint density at radius 1 is 1.44 bits per heavy atom. The minimum atomic E-state index is 0.575. The van der Waals surface area contributed by atoms with Crippen molar-refractivity contribution in [3.05, 3.63) is 29.6 Å². The third kappa shape index (κ3) is 2.62. The number of hydrogen-bond donors (Lipinski definition) is 0. The number of rotatable bonds is 4. The summed E-state index contributed by atoms with van der Waals surface area (Å²) in [6, 6.07) is 6.97. The normalized spacial score (nSPS) is 21.5. The summed E-state index contributed by atoms with van der Waals surface area (Å²) in [5.74, 6) is 0. The zero-order valence-corrected chi connectivity index (χ0v) is 10.4. The lowest BCUT2D eigenvalue weighted by molar-refractivity contribution is 0.249. The van der Waals surface area contributed by atoms with Crippen LogP contribution < -0.4 is 0 Å². The van der Waals surface area contributed by atoms with E-state index in [1.54, 1.807) is 0 Å². The summed E-state index contributed by atoms with van der Waals surface area (Å²) in [6.07, 6.45) is 5.19. The van der Waals surface area contributed by atoms with Crippen molar-refractivity contribution in [3.63, 3.8) is 0 Å². The fraction of sp³-hybridized carbons (Fsp3) is 0.643.